The Morgan fingerprint density at radius 1 is 1.24 bits per heavy atom. The number of likely N-dealkylation sites (N-methyl/N-ethyl adjacent to an activating group) is 1. The molecule has 2 saturated heterocycles. The van der Waals surface area contributed by atoms with Gasteiger partial charge in [0.2, 0.25) is 0 Å². The van der Waals surface area contributed by atoms with Crippen LogP contribution < -0.4 is 4.90 Å². The largest absolute Gasteiger partial charge is 0.353 e. The Morgan fingerprint density at radius 2 is 1.96 bits per heavy atom. The molecule has 1 atom stereocenters. The summed E-state index contributed by atoms with van der Waals surface area (Å²) in [6.07, 6.45) is 3.63. The lowest BCUT2D eigenvalue weighted by atomic mass is 10.2. The van der Waals surface area contributed by atoms with Crippen molar-refractivity contribution in [2.24, 2.45) is 0 Å². The summed E-state index contributed by atoms with van der Waals surface area (Å²) in [7, 11) is -0.942. The van der Waals surface area contributed by atoms with E-state index in [1.807, 2.05) is 6.92 Å². The molecule has 0 aliphatic carbocycles. The third-order valence-corrected chi connectivity index (χ3v) is 6.69. The van der Waals surface area contributed by atoms with Gasteiger partial charge in [0.25, 0.3) is 5.91 Å². The highest BCUT2D eigenvalue weighted by molar-refractivity contribution is 7.91. The smallest absolute Gasteiger partial charge is 0.274 e. The second kappa shape index (κ2) is 7.25. The summed E-state index contributed by atoms with van der Waals surface area (Å²) >= 11 is 0. The van der Waals surface area contributed by atoms with Crippen LogP contribution in [0.25, 0.3) is 0 Å². The lowest BCUT2D eigenvalue weighted by Crippen LogP contribution is -2.45. The molecule has 138 valence electrons. The molecule has 1 aromatic heterocycles. The summed E-state index contributed by atoms with van der Waals surface area (Å²) in [6, 6.07) is -0.262. The van der Waals surface area contributed by atoms with E-state index >= 15 is 0 Å². The molecule has 0 bridgehead atoms. The van der Waals surface area contributed by atoms with Crippen molar-refractivity contribution in [1.82, 2.24) is 19.8 Å². The molecular formula is C16H25N5O3S. The SMILES string of the molecule is CCN(C(=O)c1cnc(N2CCN(C)CC2)cn1)C1CCS(=O)(=O)C1. The predicted molar refractivity (Wildman–Crippen MR) is 95.5 cm³/mol. The number of nitrogens with zero attached hydrogens (tertiary/aromatic N) is 5. The minimum absolute atomic E-state index is 0.0411. The fourth-order valence-electron chi connectivity index (χ4n) is 3.37. The first kappa shape index (κ1) is 18.1. The van der Waals surface area contributed by atoms with Crippen molar-refractivity contribution in [1.29, 1.82) is 0 Å². The topological polar surface area (TPSA) is 86.7 Å². The Bertz CT molecular complexity index is 714. The maximum absolute atomic E-state index is 12.7. The third-order valence-electron chi connectivity index (χ3n) is 4.94. The van der Waals surface area contributed by atoms with Crippen molar-refractivity contribution >= 4 is 21.6 Å². The number of sulfone groups is 1. The van der Waals surface area contributed by atoms with Gasteiger partial charge in [-0.2, -0.15) is 0 Å². The Balaban J connectivity index is 1.69. The van der Waals surface area contributed by atoms with E-state index in [-0.39, 0.29) is 29.1 Å². The van der Waals surface area contributed by atoms with Crippen molar-refractivity contribution in [2.75, 3.05) is 56.2 Å². The number of amides is 1. The van der Waals surface area contributed by atoms with Crippen LogP contribution in [0.5, 0.6) is 0 Å². The molecule has 8 nitrogen and oxygen atoms in total. The highest BCUT2D eigenvalue weighted by Gasteiger charge is 2.34. The second-order valence-electron chi connectivity index (χ2n) is 6.70. The molecule has 0 saturated carbocycles. The highest BCUT2D eigenvalue weighted by atomic mass is 32.2. The van der Waals surface area contributed by atoms with Crippen LogP contribution >= 0.6 is 0 Å². The quantitative estimate of drug-likeness (QED) is 0.733. The monoisotopic (exact) mass is 367 g/mol. The molecule has 3 rings (SSSR count). The van der Waals surface area contributed by atoms with Crippen LogP contribution in [0, 0.1) is 0 Å². The second-order valence-corrected chi connectivity index (χ2v) is 8.93. The first-order valence-corrected chi connectivity index (χ1v) is 10.5. The molecule has 25 heavy (non-hydrogen) atoms. The molecule has 2 aliphatic heterocycles. The zero-order valence-electron chi connectivity index (χ0n) is 14.8. The van der Waals surface area contributed by atoms with E-state index in [0.29, 0.717) is 13.0 Å². The molecule has 0 N–H and O–H groups in total. The number of rotatable bonds is 4. The van der Waals surface area contributed by atoms with Crippen molar-refractivity contribution in [3.8, 4) is 0 Å². The molecule has 2 fully saturated rings. The predicted octanol–water partition coefficient (Wildman–Crippen LogP) is -0.122. The number of anilines is 1. The third kappa shape index (κ3) is 4.09. The molecular weight excluding hydrogens is 342 g/mol. The van der Waals surface area contributed by atoms with Gasteiger partial charge in [0.1, 0.15) is 11.5 Å². The van der Waals surface area contributed by atoms with Crippen molar-refractivity contribution in [3.05, 3.63) is 18.1 Å². The van der Waals surface area contributed by atoms with E-state index < -0.39 is 9.84 Å². The highest BCUT2D eigenvalue weighted by Crippen LogP contribution is 2.20. The molecule has 1 amide bonds. The molecule has 0 radical (unpaired) electrons. The summed E-state index contributed by atoms with van der Waals surface area (Å²) in [6.45, 7) is 6.04. The maximum atomic E-state index is 12.7. The van der Waals surface area contributed by atoms with Crippen LogP contribution in [0.15, 0.2) is 12.4 Å². The molecule has 3 heterocycles. The Hall–Kier alpha value is -1.74. The van der Waals surface area contributed by atoms with Crippen LogP contribution in [0.4, 0.5) is 5.82 Å². The Morgan fingerprint density at radius 3 is 2.48 bits per heavy atom. The maximum Gasteiger partial charge on any atom is 0.274 e. The van der Waals surface area contributed by atoms with E-state index in [1.165, 1.54) is 6.20 Å². The van der Waals surface area contributed by atoms with Gasteiger partial charge in [0.15, 0.2) is 9.84 Å². The zero-order chi connectivity index (χ0) is 18.0. The van der Waals surface area contributed by atoms with Crippen LogP contribution in [0.1, 0.15) is 23.8 Å². The molecule has 0 spiro atoms. The lowest BCUT2D eigenvalue weighted by molar-refractivity contribution is 0.0702. The van der Waals surface area contributed by atoms with E-state index in [9.17, 15) is 13.2 Å². The summed E-state index contributed by atoms with van der Waals surface area (Å²) < 4.78 is 23.4. The van der Waals surface area contributed by atoms with Crippen LogP contribution in [0.2, 0.25) is 0 Å². The summed E-state index contributed by atoms with van der Waals surface area (Å²) in [5.74, 6) is 0.715. The zero-order valence-corrected chi connectivity index (χ0v) is 15.6. The first-order chi connectivity index (χ1) is 11.9. The van der Waals surface area contributed by atoms with Crippen molar-refractivity contribution < 1.29 is 13.2 Å². The fourth-order valence-corrected chi connectivity index (χ4v) is 5.10. The summed E-state index contributed by atoms with van der Waals surface area (Å²) in [4.78, 5) is 27.4. The van der Waals surface area contributed by atoms with E-state index in [4.69, 9.17) is 0 Å². The van der Waals surface area contributed by atoms with Gasteiger partial charge in [0, 0.05) is 38.8 Å². The van der Waals surface area contributed by atoms with Gasteiger partial charge in [-0.3, -0.25) is 4.79 Å². The van der Waals surface area contributed by atoms with E-state index in [2.05, 4.69) is 26.8 Å². The van der Waals surface area contributed by atoms with Crippen LogP contribution in [-0.2, 0) is 9.84 Å². The standard InChI is InChI=1S/C16H25N5O3S/c1-3-21(13-4-9-25(23,24)12-13)16(22)14-10-18-15(11-17-14)20-7-5-19(2)6-8-20/h10-11,13H,3-9,12H2,1-2H3. The van der Waals surface area contributed by atoms with E-state index in [1.54, 1.807) is 11.1 Å². The van der Waals surface area contributed by atoms with Gasteiger partial charge >= 0.3 is 0 Å². The van der Waals surface area contributed by atoms with Gasteiger partial charge in [-0.25, -0.2) is 18.4 Å². The number of hydrogen-bond donors (Lipinski definition) is 0. The van der Waals surface area contributed by atoms with Gasteiger partial charge in [-0.1, -0.05) is 0 Å². The lowest BCUT2D eigenvalue weighted by Gasteiger charge is -2.33. The van der Waals surface area contributed by atoms with Gasteiger partial charge < -0.3 is 14.7 Å². The number of carbonyl (C=O) groups is 1. The molecule has 9 heteroatoms. The van der Waals surface area contributed by atoms with Crippen LogP contribution in [0.3, 0.4) is 0 Å². The average molecular weight is 367 g/mol. The Labute approximate surface area is 148 Å². The van der Waals surface area contributed by atoms with Gasteiger partial charge in [0.05, 0.1) is 23.9 Å². The van der Waals surface area contributed by atoms with Crippen LogP contribution in [-0.4, -0.2) is 91.4 Å². The van der Waals surface area contributed by atoms with E-state index in [0.717, 1.165) is 32.0 Å². The molecule has 0 aromatic carbocycles. The molecule has 2 aliphatic rings. The minimum atomic E-state index is -3.03. The minimum Gasteiger partial charge on any atom is -0.353 e. The molecule has 1 aromatic rings. The van der Waals surface area contributed by atoms with Gasteiger partial charge in [-0.15, -0.1) is 0 Å². The van der Waals surface area contributed by atoms with Crippen molar-refractivity contribution in [3.63, 3.8) is 0 Å². The summed E-state index contributed by atoms with van der Waals surface area (Å²) in [5, 5.41) is 0. The first-order valence-electron chi connectivity index (χ1n) is 8.66. The average Bonchev–Trinajstić information content (AvgIpc) is 2.96. The number of carbonyl (C=O) groups excluding carboxylic acids is 1. The Kier molecular flexibility index (Phi) is 5.24. The summed E-state index contributed by atoms with van der Waals surface area (Å²) in [5.41, 5.74) is 0.268. The number of aromatic nitrogens is 2. The fraction of sp³-hybridized carbons (Fsp3) is 0.688. The van der Waals surface area contributed by atoms with Crippen molar-refractivity contribution in [2.45, 2.75) is 19.4 Å². The number of hydrogen-bond acceptors (Lipinski definition) is 7. The van der Waals surface area contributed by atoms with Gasteiger partial charge in [-0.05, 0) is 20.4 Å². The molecule has 1 unspecified atom stereocenters. The normalized spacial score (nSPS) is 23.6. The number of piperazine rings is 1.